The second-order valence-electron chi connectivity index (χ2n) is 9.46. The van der Waals surface area contributed by atoms with Gasteiger partial charge in [-0.15, -0.1) is 0 Å². The lowest BCUT2D eigenvalue weighted by molar-refractivity contribution is 0.300. The molecule has 0 aliphatic carbocycles. The summed E-state index contributed by atoms with van der Waals surface area (Å²) in [6.45, 7) is 8.61. The Labute approximate surface area is 212 Å². The molecule has 0 aliphatic rings. The maximum Gasteiger partial charge on any atom is 0.187 e. The number of thiocarbonyl (C=S) groups is 1. The molecular weight excluding hydrogens is 452 g/mol. The van der Waals surface area contributed by atoms with Gasteiger partial charge < -0.3 is 14.6 Å². The number of hydrogen-bond donors (Lipinski definition) is 2. The first-order valence-corrected chi connectivity index (χ1v) is 12.2. The Morgan fingerprint density at radius 2 is 1.69 bits per heavy atom. The fourth-order valence-corrected chi connectivity index (χ4v) is 3.98. The Bertz CT molecular complexity index is 1290. The van der Waals surface area contributed by atoms with E-state index in [1.54, 1.807) is 6.21 Å². The number of aromatic nitrogens is 1. The van der Waals surface area contributed by atoms with Gasteiger partial charge in [0.1, 0.15) is 12.4 Å². The standard InChI is InChI=1S/C29H32N4OS/c1-29(2,3)24-13-15-25(16-14-24)34-18-17-33-21-23(26-11-7-8-12-27(26)33)20-31-32-28(35)30-19-22-9-5-4-6-10-22/h4-16,20-21H,17-19H2,1-3H3,(H2,30,32,35)/b31-20+. The van der Waals surface area contributed by atoms with E-state index in [1.165, 1.54) is 5.56 Å². The zero-order chi connectivity index (χ0) is 24.7. The van der Waals surface area contributed by atoms with Gasteiger partial charge in [0.25, 0.3) is 0 Å². The molecule has 1 aromatic heterocycles. The first-order chi connectivity index (χ1) is 16.9. The third kappa shape index (κ3) is 6.70. The van der Waals surface area contributed by atoms with Crippen LogP contribution < -0.4 is 15.5 Å². The fraction of sp³-hybridized carbons (Fsp3) is 0.241. The van der Waals surface area contributed by atoms with Crippen molar-refractivity contribution in [1.82, 2.24) is 15.3 Å². The van der Waals surface area contributed by atoms with Crippen LogP contribution in [0, 0.1) is 0 Å². The van der Waals surface area contributed by atoms with Crippen molar-refractivity contribution >= 4 is 34.4 Å². The van der Waals surface area contributed by atoms with Crippen LogP contribution in [0.5, 0.6) is 5.75 Å². The molecule has 35 heavy (non-hydrogen) atoms. The Kier molecular flexibility index (Phi) is 7.83. The molecule has 180 valence electrons. The number of hydrazone groups is 1. The van der Waals surface area contributed by atoms with Crippen LogP contribution >= 0.6 is 12.2 Å². The summed E-state index contributed by atoms with van der Waals surface area (Å²) in [6, 6.07) is 26.8. The van der Waals surface area contributed by atoms with Crippen molar-refractivity contribution in [3.63, 3.8) is 0 Å². The van der Waals surface area contributed by atoms with Gasteiger partial charge >= 0.3 is 0 Å². The average molecular weight is 485 g/mol. The molecule has 0 aliphatic heterocycles. The highest BCUT2D eigenvalue weighted by molar-refractivity contribution is 7.80. The summed E-state index contributed by atoms with van der Waals surface area (Å²) in [5.41, 5.74) is 7.68. The lowest BCUT2D eigenvalue weighted by Gasteiger charge is -2.19. The van der Waals surface area contributed by atoms with E-state index in [9.17, 15) is 0 Å². The highest BCUT2D eigenvalue weighted by Crippen LogP contribution is 2.24. The van der Waals surface area contributed by atoms with Crippen LogP contribution in [0.3, 0.4) is 0 Å². The maximum atomic E-state index is 6.02. The molecule has 0 radical (unpaired) electrons. The van der Waals surface area contributed by atoms with Gasteiger partial charge in [-0.1, -0.05) is 81.4 Å². The van der Waals surface area contributed by atoms with E-state index in [0.717, 1.165) is 34.3 Å². The van der Waals surface area contributed by atoms with Crippen LogP contribution in [0.1, 0.15) is 37.5 Å². The molecule has 0 atom stereocenters. The second kappa shape index (κ2) is 11.2. The van der Waals surface area contributed by atoms with Gasteiger partial charge in [0, 0.05) is 29.2 Å². The first kappa shape index (κ1) is 24.5. The number of hydrogen-bond acceptors (Lipinski definition) is 3. The minimum atomic E-state index is 0.136. The molecule has 3 aromatic carbocycles. The van der Waals surface area contributed by atoms with Crippen molar-refractivity contribution in [2.45, 2.75) is 39.3 Å². The summed E-state index contributed by atoms with van der Waals surface area (Å²) < 4.78 is 8.22. The smallest absolute Gasteiger partial charge is 0.187 e. The van der Waals surface area contributed by atoms with Gasteiger partial charge in [-0.25, -0.2) is 0 Å². The summed E-state index contributed by atoms with van der Waals surface area (Å²) in [6.07, 6.45) is 3.91. The summed E-state index contributed by atoms with van der Waals surface area (Å²) in [7, 11) is 0. The highest BCUT2D eigenvalue weighted by atomic mass is 32.1. The first-order valence-electron chi connectivity index (χ1n) is 11.8. The quantitative estimate of drug-likeness (QED) is 0.183. The van der Waals surface area contributed by atoms with Crippen molar-refractivity contribution in [2.75, 3.05) is 6.61 Å². The topological polar surface area (TPSA) is 50.6 Å². The average Bonchev–Trinajstić information content (AvgIpc) is 3.21. The summed E-state index contributed by atoms with van der Waals surface area (Å²) in [5.74, 6) is 0.886. The van der Waals surface area contributed by atoms with Crippen molar-refractivity contribution in [2.24, 2.45) is 5.10 Å². The van der Waals surface area contributed by atoms with Gasteiger partial charge in [-0.2, -0.15) is 5.10 Å². The van der Waals surface area contributed by atoms with Crippen molar-refractivity contribution in [3.8, 4) is 5.75 Å². The predicted molar refractivity (Wildman–Crippen MR) is 149 cm³/mol. The predicted octanol–water partition coefficient (Wildman–Crippen LogP) is 6.02. The molecule has 4 aromatic rings. The van der Waals surface area contributed by atoms with Gasteiger partial charge in [0.05, 0.1) is 12.8 Å². The normalized spacial score (nSPS) is 11.6. The van der Waals surface area contributed by atoms with Gasteiger partial charge in [0.15, 0.2) is 5.11 Å². The van der Waals surface area contributed by atoms with E-state index in [1.807, 2.05) is 42.5 Å². The molecular formula is C29H32N4OS. The largest absolute Gasteiger partial charge is 0.492 e. The van der Waals surface area contributed by atoms with Gasteiger partial charge in [0.2, 0.25) is 0 Å². The van der Waals surface area contributed by atoms with E-state index < -0.39 is 0 Å². The molecule has 2 N–H and O–H groups in total. The number of fused-ring (bicyclic) bond motifs is 1. The fourth-order valence-electron chi connectivity index (χ4n) is 3.85. The van der Waals surface area contributed by atoms with Crippen LogP contribution in [-0.4, -0.2) is 22.5 Å². The Morgan fingerprint density at radius 3 is 2.43 bits per heavy atom. The number of rotatable bonds is 8. The Balaban J connectivity index is 1.35. The minimum absolute atomic E-state index is 0.136. The zero-order valence-corrected chi connectivity index (χ0v) is 21.3. The van der Waals surface area contributed by atoms with E-state index in [0.29, 0.717) is 18.3 Å². The van der Waals surface area contributed by atoms with E-state index in [2.05, 4.69) is 83.8 Å². The molecule has 0 saturated heterocycles. The molecule has 1 heterocycles. The van der Waals surface area contributed by atoms with Crippen molar-refractivity contribution in [1.29, 1.82) is 0 Å². The number of benzene rings is 3. The Morgan fingerprint density at radius 1 is 0.971 bits per heavy atom. The molecule has 0 amide bonds. The van der Waals surface area contributed by atoms with Crippen LogP contribution in [0.4, 0.5) is 0 Å². The van der Waals surface area contributed by atoms with Crippen molar-refractivity contribution < 1.29 is 4.74 Å². The monoisotopic (exact) mass is 484 g/mol. The van der Waals surface area contributed by atoms with Gasteiger partial charge in [-0.05, 0) is 47.0 Å². The zero-order valence-electron chi connectivity index (χ0n) is 20.5. The van der Waals surface area contributed by atoms with E-state index >= 15 is 0 Å². The molecule has 4 rings (SSSR count). The van der Waals surface area contributed by atoms with E-state index in [4.69, 9.17) is 17.0 Å². The number of nitrogens with zero attached hydrogens (tertiary/aromatic N) is 2. The summed E-state index contributed by atoms with van der Waals surface area (Å²) in [5, 5.41) is 9.14. The van der Waals surface area contributed by atoms with Crippen LogP contribution in [0.25, 0.3) is 10.9 Å². The van der Waals surface area contributed by atoms with Crippen LogP contribution in [0.15, 0.2) is 90.2 Å². The van der Waals surface area contributed by atoms with Crippen LogP contribution in [-0.2, 0) is 18.5 Å². The summed E-state index contributed by atoms with van der Waals surface area (Å²) in [4.78, 5) is 0. The third-order valence-corrected chi connectivity index (χ3v) is 6.04. The molecule has 0 bridgehead atoms. The molecule has 0 fully saturated rings. The summed E-state index contributed by atoms with van der Waals surface area (Å²) >= 11 is 5.34. The third-order valence-electron chi connectivity index (χ3n) is 5.81. The van der Waals surface area contributed by atoms with Crippen molar-refractivity contribution in [3.05, 3.63) is 102 Å². The van der Waals surface area contributed by atoms with Crippen LogP contribution in [0.2, 0.25) is 0 Å². The maximum absolute atomic E-state index is 6.02. The number of ether oxygens (including phenoxy) is 1. The Hall–Kier alpha value is -3.64. The lowest BCUT2D eigenvalue weighted by atomic mass is 9.87. The molecule has 0 spiro atoms. The second-order valence-corrected chi connectivity index (χ2v) is 9.86. The van der Waals surface area contributed by atoms with E-state index in [-0.39, 0.29) is 5.41 Å². The number of para-hydroxylation sites is 1. The SMILES string of the molecule is CC(C)(C)c1ccc(OCCn2cc(/C=N/NC(=S)NCc3ccccc3)c3ccccc32)cc1. The highest BCUT2D eigenvalue weighted by Gasteiger charge is 2.13. The molecule has 6 heteroatoms. The minimum Gasteiger partial charge on any atom is -0.492 e. The number of nitrogens with one attached hydrogen (secondary N) is 2. The van der Waals surface area contributed by atoms with Gasteiger partial charge in [-0.3, -0.25) is 5.43 Å². The molecule has 0 saturated carbocycles. The molecule has 0 unspecified atom stereocenters. The lowest BCUT2D eigenvalue weighted by Crippen LogP contribution is -2.31. The molecule has 5 nitrogen and oxygen atoms in total.